The molecule has 1 aliphatic heterocycles. The molecule has 0 aliphatic carbocycles. The molecule has 1 aromatic rings. The lowest BCUT2D eigenvalue weighted by molar-refractivity contribution is 0.128. The molecule has 0 radical (unpaired) electrons. The van der Waals surface area contributed by atoms with Gasteiger partial charge >= 0.3 is 0 Å². The number of hydrogen-bond acceptors (Lipinski definition) is 2. The highest BCUT2D eigenvalue weighted by atomic mass is 15.2. The van der Waals surface area contributed by atoms with Gasteiger partial charge in [0, 0.05) is 12.1 Å². The Kier molecular flexibility index (Phi) is 4.79. The quantitative estimate of drug-likeness (QED) is 0.885. The topological polar surface area (TPSA) is 29.3 Å². The number of likely N-dealkylation sites (tertiary alicyclic amines) is 1. The fourth-order valence-electron chi connectivity index (χ4n) is 2.84. The van der Waals surface area contributed by atoms with E-state index in [1.807, 2.05) is 0 Å². The van der Waals surface area contributed by atoms with Crippen molar-refractivity contribution in [2.75, 3.05) is 13.1 Å². The van der Waals surface area contributed by atoms with Crippen LogP contribution in [0, 0.1) is 5.92 Å². The first-order chi connectivity index (χ1) is 8.66. The second-order valence-corrected chi connectivity index (χ2v) is 5.77. The van der Waals surface area contributed by atoms with Gasteiger partial charge in [0.25, 0.3) is 0 Å². The summed E-state index contributed by atoms with van der Waals surface area (Å²) < 4.78 is 0. The Labute approximate surface area is 111 Å². The normalized spacial score (nSPS) is 21.7. The standard InChI is InChI=1S/C16H26N2/c1-13(17)14(2)18-10-8-16(9-11-18)12-15-6-4-3-5-7-15/h3-7,13-14,16H,8-12,17H2,1-2H3. The molecular weight excluding hydrogens is 220 g/mol. The molecule has 2 rings (SSSR count). The van der Waals surface area contributed by atoms with Crippen molar-refractivity contribution in [3.63, 3.8) is 0 Å². The van der Waals surface area contributed by atoms with E-state index >= 15 is 0 Å². The molecule has 2 N–H and O–H groups in total. The Morgan fingerprint density at radius 2 is 1.78 bits per heavy atom. The average molecular weight is 246 g/mol. The summed E-state index contributed by atoms with van der Waals surface area (Å²) in [6.07, 6.45) is 3.86. The second-order valence-electron chi connectivity index (χ2n) is 5.77. The van der Waals surface area contributed by atoms with Crippen LogP contribution < -0.4 is 5.73 Å². The summed E-state index contributed by atoms with van der Waals surface area (Å²) in [4.78, 5) is 2.55. The molecule has 2 unspecified atom stereocenters. The van der Waals surface area contributed by atoms with Gasteiger partial charge in [0.05, 0.1) is 0 Å². The van der Waals surface area contributed by atoms with Crippen LogP contribution in [0.5, 0.6) is 0 Å². The highest BCUT2D eigenvalue weighted by Crippen LogP contribution is 2.23. The van der Waals surface area contributed by atoms with E-state index in [1.165, 1.54) is 37.9 Å². The zero-order valence-corrected chi connectivity index (χ0v) is 11.7. The van der Waals surface area contributed by atoms with Gasteiger partial charge in [-0.05, 0) is 57.7 Å². The largest absolute Gasteiger partial charge is 0.327 e. The van der Waals surface area contributed by atoms with Gasteiger partial charge in [-0.15, -0.1) is 0 Å². The first kappa shape index (κ1) is 13.6. The molecule has 2 atom stereocenters. The fourth-order valence-corrected chi connectivity index (χ4v) is 2.84. The molecule has 100 valence electrons. The molecule has 1 aliphatic rings. The molecular formula is C16H26N2. The summed E-state index contributed by atoms with van der Waals surface area (Å²) in [5.74, 6) is 0.851. The van der Waals surface area contributed by atoms with Crippen molar-refractivity contribution in [2.24, 2.45) is 11.7 Å². The van der Waals surface area contributed by atoms with Crippen LogP contribution in [0.4, 0.5) is 0 Å². The van der Waals surface area contributed by atoms with E-state index in [0.717, 1.165) is 5.92 Å². The van der Waals surface area contributed by atoms with Gasteiger partial charge in [-0.3, -0.25) is 4.90 Å². The van der Waals surface area contributed by atoms with Crippen molar-refractivity contribution >= 4 is 0 Å². The van der Waals surface area contributed by atoms with E-state index in [4.69, 9.17) is 5.73 Å². The Balaban J connectivity index is 1.80. The van der Waals surface area contributed by atoms with Crippen molar-refractivity contribution in [1.82, 2.24) is 4.90 Å². The maximum Gasteiger partial charge on any atom is 0.0216 e. The number of benzene rings is 1. The Morgan fingerprint density at radius 1 is 1.17 bits per heavy atom. The van der Waals surface area contributed by atoms with Gasteiger partial charge in [0.2, 0.25) is 0 Å². The van der Waals surface area contributed by atoms with Gasteiger partial charge in [-0.1, -0.05) is 30.3 Å². The monoisotopic (exact) mass is 246 g/mol. The van der Waals surface area contributed by atoms with Crippen LogP contribution in [0.1, 0.15) is 32.3 Å². The lowest BCUT2D eigenvalue weighted by Gasteiger charge is -2.37. The van der Waals surface area contributed by atoms with Crippen LogP contribution in [0.2, 0.25) is 0 Å². The number of piperidine rings is 1. The Morgan fingerprint density at radius 3 is 2.33 bits per heavy atom. The van der Waals surface area contributed by atoms with Crippen LogP contribution in [-0.4, -0.2) is 30.1 Å². The second kappa shape index (κ2) is 6.35. The molecule has 0 saturated carbocycles. The molecule has 2 heteroatoms. The van der Waals surface area contributed by atoms with Crippen LogP contribution in [0.25, 0.3) is 0 Å². The Bertz CT molecular complexity index is 339. The smallest absolute Gasteiger partial charge is 0.0216 e. The predicted octanol–water partition coefficient (Wildman–Crippen LogP) is 2.68. The maximum absolute atomic E-state index is 5.98. The Hall–Kier alpha value is -0.860. The highest BCUT2D eigenvalue weighted by Gasteiger charge is 2.24. The lowest BCUT2D eigenvalue weighted by atomic mass is 9.89. The first-order valence-electron chi connectivity index (χ1n) is 7.20. The molecule has 2 nitrogen and oxygen atoms in total. The minimum absolute atomic E-state index is 0.274. The summed E-state index contributed by atoms with van der Waals surface area (Å²) in [5, 5.41) is 0. The summed E-state index contributed by atoms with van der Waals surface area (Å²) in [6.45, 7) is 6.78. The summed E-state index contributed by atoms with van der Waals surface area (Å²) in [7, 11) is 0. The molecule has 0 aromatic heterocycles. The minimum Gasteiger partial charge on any atom is -0.327 e. The van der Waals surface area contributed by atoms with E-state index in [0.29, 0.717) is 6.04 Å². The minimum atomic E-state index is 0.274. The van der Waals surface area contributed by atoms with E-state index in [9.17, 15) is 0 Å². The van der Waals surface area contributed by atoms with Crippen LogP contribution in [-0.2, 0) is 6.42 Å². The van der Waals surface area contributed by atoms with Crippen molar-refractivity contribution in [1.29, 1.82) is 0 Å². The van der Waals surface area contributed by atoms with Gasteiger partial charge < -0.3 is 5.73 Å². The number of nitrogens with two attached hydrogens (primary N) is 1. The van der Waals surface area contributed by atoms with Crippen LogP contribution in [0.3, 0.4) is 0 Å². The predicted molar refractivity (Wildman–Crippen MR) is 77.6 cm³/mol. The molecule has 1 saturated heterocycles. The SMILES string of the molecule is CC(N)C(C)N1CCC(Cc2ccccc2)CC1. The average Bonchev–Trinajstić information content (AvgIpc) is 2.40. The number of nitrogens with zero attached hydrogens (tertiary/aromatic N) is 1. The zero-order valence-electron chi connectivity index (χ0n) is 11.7. The number of rotatable bonds is 4. The van der Waals surface area contributed by atoms with Gasteiger partial charge in [0.1, 0.15) is 0 Å². The molecule has 1 fully saturated rings. The van der Waals surface area contributed by atoms with E-state index < -0.39 is 0 Å². The lowest BCUT2D eigenvalue weighted by Crippen LogP contribution is -2.48. The van der Waals surface area contributed by atoms with Crippen LogP contribution in [0.15, 0.2) is 30.3 Å². The molecule has 0 bridgehead atoms. The third-order valence-electron chi connectivity index (χ3n) is 4.35. The van der Waals surface area contributed by atoms with Gasteiger partial charge in [0.15, 0.2) is 0 Å². The van der Waals surface area contributed by atoms with Crippen molar-refractivity contribution < 1.29 is 0 Å². The zero-order chi connectivity index (χ0) is 13.0. The molecule has 18 heavy (non-hydrogen) atoms. The third-order valence-corrected chi connectivity index (χ3v) is 4.35. The van der Waals surface area contributed by atoms with E-state index in [2.05, 4.69) is 49.1 Å². The molecule has 1 aromatic carbocycles. The van der Waals surface area contributed by atoms with Crippen molar-refractivity contribution in [3.05, 3.63) is 35.9 Å². The van der Waals surface area contributed by atoms with Gasteiger partial charge in [-0.2, -0.15) is 0 Å². The number of hydrogen-bond donors (Lipinski definition) is 1. The van der Waals surface area contributed by atoms with Crippen molar-refractivity contribution in [3.8, 4) is 0 Å². The van der Waals surface area contributed by atoms with Crippen LogP contribution >= 0.6 is 0 Å². The first-order valence-corrected chi connectivity index (χ1v) is 7.20. The maximum atomic E-state index is 5.98. The summed E-state index contributed by atoms with van der Waals surface area (Å²) in [5.41, 5.74) is 7.47. The van der Waals surface area contributed by atoms with Crippen molar-refractivity contribution in [2.45, 2.75) is 45.2 Å². The molecule has 0 spiro atoms. The summed E-state index contributed by atoms with van der Waals surface area (Å²) >= 11 is 0. The van der Waals surface area contributed by atoms with Gasteiger partial charge in [-0.25, -0.2) is 0 Å². The third kappa shape index (κ3) is 3.56. The van der Waals surface area contributed by atoms with E-state index in [-0.39, 0.29) is 6.04 Å². The molecule has 0 amide bonds. The molecule has 1 heterocycles. The highest BCUT2D eigenvalue weighted by molar-refractivity contribution is 5.15. The van der Waals surface area contributed by atoms with E-state index in [1.54, 1.807) is 0 Å². The summed E-state index contributed by atoms with van der Waals surface area (Å²) in [6, 6.07) is 11.7. The fraction of sp³-hybridized carbons (Fsp3) is 0.625.